The zero-order valence-electron chi connectivity index (χ0n) is 25.1. The summed E-state index contributed by atoms with van der Waals surface area (Å²) >= 11 is 1.26. The van der Waals surface area contributed by atoms with E-state index in [0.29, 0.717) is 22.7 Å². The highest BCUT2D eigenvalue weighted by atomic mass is 32.1. The van der Waals surface area contributed by atoms with Crippen molar-refractivity contribution >= 4 is 35.0 Å². The van der Waals surface area contributed by atoms with Gasteiger partial charge in [0.05, 0.1) is 19.7 Å². The van der Waals surface area contributed by atoms with Gasteiger partial charge in [-0.25, -0.2) is 9.97 Å². The molecule has 4 bridgehead atoms. The summed E-state index contributed by atoms with van der Waals surface area (Å²) in [6.45, 7) is 3.70. The fourth-order valence-electron chi connectivity index (χ4n) is 4.84. The van der Waals surface area contributed by atoms with Gasteiger partial charge in [0, 0.05) is 30.5 Å². The molecule has 2 aromatic carbocycles. The molecule has 4 amide bonds. The summed E-state index contributed by atoms with van der Waals surface area (Å²) in [7, 11) is 1.53. The minimum absolute atomic E-state index is 0.0138. The molecule has 12 nitrogen and oxygen atoms in total. The van der Waals surface area contributed by atoms with E-state index in [2.05, 4.69) is 25.9 Å². The first-order valence-corrected chi connectivity index (χ1v) is 15.4. The molecule has 45 heavy (non-hydrogen) atoms. The molecule has 1 aliphatic heterocycles. The summed E-state index contributed by atoms with van der Waals surface area (Å²) in [5, 5.41) is 10.9. The predicted octanol–water partition coefficient (Wildman–Crippen LogP) is 3.55. The topological polar surface area (TPSA) is 156 Å². The summed E-state index contributed by atoms with van der Waals surface area (Å²) < 4.78 is 10.9. The highest BCUT2D eigenvalue weighted by Crippen LogP contribution is 2.26. The van der Waals surface area contributed by atoms with Gasteiger partial charge in [-0.05, 0) is 35.7 Å². The van der Waals surface area contributed by atoms with Crippen LogP contribution >= 0.6 is 11.3 Å². The minimum Gasteiger partial charge on any atom is -0.497 e. The van der Waals surface area contributed by atoms with E-state index in [9.17, 15) is 19.2 Å². The quantitative estimate of drug-likeness (QED) is 0.302. The number of methoxy groups -OCH3 is 1. The van der Waals surface area contributed by atoms with Gasteiger partial charge in [0.15, 0.2) is 5.69 Å². The van der Waals surface area contributed by atoms with Crippen molar-refractivity contribution in [2.24, 2.45) is 5.92 Å². The second-order valence-electron chi connectivity index (χ2n) is 10.9. The average molecular weight is 631 g/mol. The Hall–Kier alpha value is -5.04. The van der Waals surface area contributed by atoms with Crippen molar-refractivity contribution in [3.63, 3.8) is 0 Å². The summed E-state index contributed by atoms with van der Waals surface area (Å²) in [5.74, 6) is -1.09. The third-order valence-corrected chi connectivity index (χ3v) is 8.20. The molecule has 0 saturated carbocycles. The Balaban J connectivity index is 1.46. The second kappa shape index (κ2) is 14.2. The maximum Gasteiger partial charge on any atom is 0.273 e. The monoisotopic (exact) mass is 630 g/mol. The molecule has 0 fully saturated rings. The van der Waals surface area contributed by atoms with Crippen molar-refractivity contribution in [1.82, 2.24) is 30.8 Å². The number of thiazole rings is 1. The third kappa shape index (κ3) is 7.73. The normalized spacial score (nSPS) is 18.0. The van der Waals surface area contributed by atoms with Crippen LogP contribution in [0, 0.1) is 5.92 Å². The minimum atomic E-state index is -0.691. The molecule has 13 heteroatoms. The highest BCUT2D eigenvalue weighted by Gasteiger charge is 2.28. The first kappa shape index (κ1) is 31.4. The van der Waals surface area contributed by atoms with Gasteiger partial charge in [-0.15, -0.1) is 11.3 Å². The van der Waals surface area contributed by atoms with Crippen LogP contribution in [0.1, 0.15) is 73.7 Å². The number of nitrogens with one attached hydrogen (secondary N) is 3. The van der Waals surface area contributed by atoms with Crippen LogP contribution in [0.4, 0.5) is 0 Å². The SMILES string of the molecule is COc1ccc(C(=O)N2CCNC(=O)c3coc(n3)[C@H](Cc3ccccc3)NC(=O)c3csc(n3)[C@H](C(C)C)NC(=O)C2)cc1. The molecule has 0 unspecified atom stereocenters. The van der Waals surface area contributed by atoms with Crippen molar-refractivity contribution < 1.29 is 28.3 Å². The van der Waals surface area contributed by atoms with Gasteiger partial charge in [0.2, 0.25) is 11.8 Å². The molecular weight excluding hydrogens is 596 g/mol. The zero-order valence-corrected chi connectivity index (χ0v) is 25.9. The van der Waals surface area contributed by atoms with Crippen LogP contribution in [0.5, 0.6) is 5.75 Å². The molecule has 4 aromatic rings. The fraction of sp³-hybridized carbons (Fsp3) is 0.312. The first-order valence-electron chi connectivity index (χ1n) is 14.5. The van der Waals surface area contributed by atoms with Crippen LogP contribution in [0.15, 0.2) is 70.7 Å². The summed E-state index contributed by atoms with van der Waals surface area (Å²) in [6, 6.07) is 14.9. The number of ether oxygens (including phenoxy) is 1. The van der Waals surface area contributed by atoms with E-state index >= 15 is 0 Å². The molecule has 2 atom stereocenters. The standard InChI is InChI=1S/C32H34N6O6S/c1-19(2)27-31-36-25(18-45-31)29(41)34-23(15-20-7-5-4-6-8-20)30-35-24(17-44-30)28(40)33-13-14-38(16-26(39)37-27)32(42)21-9-11-22(43-3)12-10-21/h4-12,17-19,23,27H,13-16H2,1-3H3,(H,33,40)(H,34,41)(H,37,39)/t23-,27-/m0/s1. The lowest BCUT2D eigenvalue weighted by molar-refractivity contribution is -0.122. The molecule has 3 heterocycles. The van der Waals surface area contributed by atoms with E-state index in [0.717, 1.165) is 5.56 Å². The van der Waals surface area contributed by atoms with Crippen molar-refractivity contribution in [3.05, 3.63) is 99.7 Å². The van der Waals surface area contributed by atoms with Crippen molar-refractivity contribution in [2.45, 2.75) is 32.4 Å². The number of hydrogen-bond donors (Lipinski definition) is 3. The van der Waals surface area contributed by atoms with E-state index in [-0.39, 0.29) is 42.8 Å². The third-order valence-electron chi connectivity index (χ3n) is 7.27. The summed E-state index contributed by atoms with van der Waals surface area (Å²) in [5.41, 5.74) is 1.48. The smallest absolute Gasteiger partial charge is 0.273 e. The number of benzene rings is 2. The Kier molecular flexibility index (Phi) is 9.88. The van der Waals surface area contributed by atoms with E-state index in [1.807, 2.05) is 44.2 Å². The van der Waals surface area contributed by atoms with Crippen LogP contribution in [0.25, 0.3) is 0 Å². The van der Waals surface area contributed by atoms with Gasteiger partial charge in [-0.3, -0.25) is 19.2 Å². The summed E-state index contributed by atoms with van der Waals surface area (Å²) in [4.78, 5) is 63.6. The van der Waals surface area contributed by atoms with Crippen molar-refractivity contribution in [3.8, 4) is 5.75 Å². The van der Waals surface area contributed by atoms with Crippen LogP contribution in [-0.2, 0) is 11.2 Å². The maximum atomic E-state index is 13.5. The Labute approximate surface area is 264 Å². The number of hydrogen-bond acceptors (Lipinski definition) is 9. The number of amides is 4. The average Bonchev–Trinajstić information content (AvgIpc) is 3.74. The Morgan fingerprint density at radius 2 is 1.78 bits per heavy atom. The first-order chi connectivity index (χ1) is 21.7. The van der Waals surface area contributed by atoms with Gasteiger partial charge in [0.25, 0.3) is 17.7 Å². The second-order valence-corrected chi connectivity index (χ2v) is 11.7. The number of oxazole rings is 1. The highest BCUT2D eigenvalue weighted by molar-refractivity contribution is 7.09. The van der Waals surface area contributed by atoms with Gasteiger partial charge in [-0.1, -0.05) is 44.2 Å². The largest absolute Gasteiger partial charge is 0.497 e. The van der Waals surface area contributed by atoms with E-state index < -0.39 is 35.7 Å². The van der Waals surface area contributed by atoms with Crippen molar-refractivity contribution in [2.75, 3.05) is 26.7 Å². The Morgan fingerprint density at radius 1 is 1.02 bits per heavy atom. The number of fused-ring (bicyclic) bond motifs is 4. The van der Waals surface area contributed by atoms with Crippen LogP contribution in [0.3, 0.4) is 0 Å². The lowest BCUT2D eigenvalue weighted by atomic mass is 10.0. The van der Waals surface area contributed by atoms with Crippen LogP contribution in [0.2, 0.25) is 0 Å². The van der Waals surface area contributed by atoms with Gasteiger partial charge in [0.1, 0.15) is 28.8 Å². The van der Waals surface area contributed by atoms with Crippen LogP contribution in [-0.4, -0.2) is 65.2 Å². The zero-order chi connectivity index (χ0) is 31.9. The Morgan fingerprint density at radius 3 is 2.49 bits per heavy atom. The molecule has 5 rings (SSSR count). The maximum absolute atomic E-state index is 13.5. The Bertz CT molecular complexity index is 1650. The lowest BCUT2D eigenvalue weighted by Crippen LogP contribution is -2.45. The van der Waals surface area contributed by atoms with Gasteiger partial charge < -0.3 is 30.0 Å². The molecule has 0 spiro atoms. The molecule has 2 aromatic heterocycles. The number of aromatic nitrogens is 2. The van der Waals surface area contributed by atoms with E-state index in [1.165, 1.54) is 29.6 Å². The molecule has 0 radical (unpaired) electrons. The molecule has 0 saturated heterocycles. The molecule has 1 aliphatic rings. The molecule has 234 valence electrons. The lowest BCUT2D eigenvalue weighted by Gasteiger charge is -2.25. The summed E-state index contributed by atoms with van der Waals surface area (Å²) in [6.07, 6.45) is 1.59. The number of nitrogens with zero attached hydrogens (tertiary/aromatic N) is 3. The number of carbonyl (C=O) groups excluding carboxylic acids is 4. The van der Waals surface area contributed by atoms with Gasteiger partial charge in [-0.2, -0.15) is 0 Å². The number of carbonyl (C=O) groups is 4. The number of rotatable bonds is 5. The fourth-order valence-corrected chi connectivity index (χ4v) is 5.86. The molecule has 0 aliphatic carbocycles. The van der Waals surface area contributed by atoms with E-state index in [1.54, 1.807) is 29.6 Å². The molecular formula is C32H34N6O6S. The van der Waals surface area contributed by atoms with Crippen molar-refractivity contribution in [1.29, 1.82) is 0 Å². The van der Waals surface area contributed by atoms with E-state index in [4.69, 9.17) is 9.15 Å². The van der Waals surface area contributed by atoms with Gasteiger partial charge >= 0.3 is 0 Å². The predicted molar refractivity (Wildman–Crippen MR) is 166 cm³/mol. The van der Waals surface area contributed by atoms with Crippen LogP contribution < -0.4 is 20.7 Å². The molecule has 3 N–H and O–H groups in total.